The summed E-state index contributed by atoms with van der Waals surface area (Å²) in [4.78, 5) is 0. The van der Waals surface area contributed by atoms with Crippen LogP contribution in [0.4, 0.5) is 0 Å². The molecule has 1 aliphatic rings. The highest BCUT2D eigenvalue weighted by molar-refractivity contribution is 5.96. The largest absolute Gasteiger partial charge is 0.392 e. The van der Waals surface area contributed by atoms with Gasteiger partial charge in [-0.3, -0.25) is 0 Å². The first-order valence-electron chi connectivity index (χ1n) is 9.50. The van der Waals surface area contributed by atoms with Gasteiger partial charge in [0.05, 0.1) is 31.5 Å². The Morgan fingerprint density at radius 1 is 1.18 bits per heavy atom. The summed E-state index contributed by atoms with van der Waals surface area (Å²) in [5, 5.41) is 19.9. The van der Waals surface area contributed by atoms with E-state index in [1.54, 1.807) is 0 Å². The van der Waals surface area contributed by atoms with Crippen LogP contribution >= 0.6 is 0 Å². The fourth-order valence-corrected chi connectivity index (χ4v) is 3.68. The lowest BCUT2D eigenvalue weighted by atomic mass is 10.0. The highest BCUT2D eigenvalue weighted by Gasteiger charge is 2.28. The lowest BCUT2D eigenvalue weighted by Gasteiger charge is -2.35. The summed E-state index contributed by atoms with van der Waals surface area (Å²) < 4.78 is 13.8. The van der Waals surface area contributed by atoms with Gasteiger partial charge in [0.2, 0.25) is 0 Å². The lowest BCUT2D eigenvalue weighted by Crippen LogP contribution is -2.40. The Hall–Kier alpha value is -2.65. The van der Waals surface area contributed by atoms with Crippen molar-refractivity contribution in [3.63, 3.8) is 0 Å². The van der Waals surface area contributed by atoms with Gasteiger partial charge in [-0.15, -0.1) is 0 Å². The molecule has 0 aliphatic carbocycles. The standard InChI is InChI=1S/C23H24N2O3/c1-23(2)27-14-18(15-28-23)11-25-12-21(19-5-3-4-16(8-19)10-24)20-7-6-17(13-26)9-22(20)25/h3-9,12,18,26H,11,13-15H2,1-2H3. The monoisotopic (exact) mass is 376 g/mol. The number of aromatic nitrogens is 1. The van der Waals surface area contributed by atoms with E-state index in [9.17, 15) is 10.4 Å². The van der Waals surface area contributed by atoms with E-state index in [0.717, 1.165) is 34.1 Å². The molecule has 1 aromatic heterocycles. The molecule has 1 N–H and O–H groups in total. The van der Waals surface area contributed by atoms with Crippen LogP contribution in [0.15, 0.2) is 48.7 Å². The van der Waals surface area contributed by atoms with E-state index in [0.29, 0.717) is 18.8 Å². The van der Waals surface area contributed by atoms with Gasteiger partial charge in [0.25, 0.3) is 0 Å². The molecule has 0 radical (unpaired) electrons. The molecule has 1 saturated heterocycles. The van der Waals surface area contributed by atoms with Gasteiger partial charge in [-0.2, -0.15) is 5.26 Å². The fourth-order valence-electron chi connectivity index (χ4n) is 3.68. The van der Waals surface area contributed by atoms with Crippen LogP contribution in [0.5, 0.6) is 0 Å². The van der Waals surface area contributed by atoms with Crippen molar-refractivity contribution in [1.29, 1.82) is 5.26 Å². The van der Waals surface area contributed by atoms with Crippen molar-refractivity contribution in [3.05, 3.63) is 59.8 Å². The molecule has 1 aliphatic heterocycles. The molecule has 144 valence electrons. The minimum atomic E-state index is -0.526. The van der Waals surface area contributed by atoms with E-state index in [-0.39, 0.29) is 12.5 Å². The number of nitriles is 1. The average Bonchev–Trinajstić information content (AvgIpc) is 3.07. The third kappa shape index (κ3) is 3.67. The maximum atomic E-state index is 9.57. The predicted molar refractivity (Wildman–Crippen MR) is 107 cm³/mol. The molecule has 3 aromatic rings. The number of ether oxygens (including phenoxy) is 2. The topological polar surface area (TPSA) is 67.4 Å². The Morgan fingerprint density at radius 2 is 1.96 bits per heavy atom. The number of hydrogen-bond acceptors (Lipinski definition) is 4. The maximum Gasteiger partial charge on any atom is 0.162 e. The number of benzene rings is 2. The lowest BCUT2D eigenvalue weighted by molar-refractivity contribution is -0.263. The van der Waals surface area contributed by atoms with Crippen LogP contribution in [-0.2, 0) is 22.6 Å². The van der Waals surface area contributed by atoms with Gasteiger partial charge >= 0.3 is 0 Å². The first-order valence-corrected chi connectivity index (χ1v) is 9.50. The van der Waals surface area contributed by atoms with Crippen molar-refractivity contribution in [2.45, 2.75) is 32.8 Å². The Labute approximate surface area is 164 Å². The molecule has 0 bridgehead atoms. The zero-order chi connectivity index (χ0) is 19.7. The second-order valence-corrected chi connectivity index (χ2v) is 7.79. The number of hydrogen-bond donors (Lipinski definition) is 1. The molecule has 0 spiro atoms. The smallest absolute Gasteiger partial charge is 0.162 e. The number of aliphatic hydroxyl groups excluding tert-OH is 1. The van der Waals surface area contributed by atoms with Gasteiger partial charge < -0.3 is 19.1 Å². The summed E-state index contributed by atoms with van der Waals surface area (Å²) in [6, 6.07) is 15.9. The van der Waals surface area contributed by atoms with Crippen LogP contribution in [-0.4, -0.2) is 28.7 Å². The predicted octanol–water partition coefficient (Wildman–Crippen LogP) is 4.07. The van der Waals surface area contributed by atoms with Crippen molar-refractivity contribution < 1.29 is 14.6 Å². The molecule has 2 heterocycles. The van der Waals surface area contributed by atoms with Gasteiger partial charge in [0, 0.05) is 35.1 Å². The summed E-state index contributed by atoms with van der Waals surface area (Å²) >= 11 is 0. The van der Waals surface area contributed by atoms with E-state index in [1.165, 1.54) is 0 Å². The number of nitrogens with zero attached hydrogens (tertiary/aromatic N) is 2. The zero-order valence-corrected chi connectivity index (χ0v) is 16.2. The minimum Gasteiger partial charge on any atom is -0.392 e. The quantitative estimate of drug-likeness (QED) is 0.745. The normalized spacial score (nSPS) is 16.9. The van der Waals surface area contributed by atoms with Gasteiger partial charge in [0.1, 0.15) is 0 Å². The van der Waals surface area contributed by atoms with Crippen LogP contribution in [0, 0.1) is 17.2 Å². The zero-order valence-electron chi connectivity index (χ0n) is 16.2. The van der Waals surface area contributed by atoms with Crippen LogP contribution in [0.1, 0.15) is 25.0 Å². The molecule has 0 unspecified atom stereocenters. The Bertz CT molecular complexity index is 1040. The molecule has 1 fully saturated rings. The third-order valence-electron chi connectivity index (χ3n) is 5.22. The summed E-state index contributed by atoms with van der Waals surface area (Å²) in [6.45, 7) is 5.92. The van der Waals surface area contributed by atoms with Crippen molar-refractivity contribution in [2.24, 2.45) is 5.92 Å². The Balaban J connectivity index is 1.74. The number of rotatable bonds is 4. The molecular weight excluding hydrogens is 352 g/mol. The van der Waals surface area contributed by atoms with Gasteiger partial charge in [-0.05, 0) is 43.2 Å². The molecule has 5 heteroatoms. The van der Waals surface area contributed by atoms with Gasteiger partial charge in [0.15, 0.2) is 5.79 Å². The maximum absolute atomic E-state index is 9.57. The van der Waals surface area contributed by atoms with Crippen molar-refractivity contribution in [1.82, 2.24) is 4.57 Å². The molecule has 28 heavy (non-hydrogen) atoms. The number of fused-ring (bicyclic) bond motifs is 1. The van der Waals surface area contributed by atoms with Crippen molar-refractivity contribution >= 4 is 10.9 Å². The van der Waals surface area contributed by atoms with E-state index < -0.39 is 5.79 Å². The highest BCUT2D eigenvalue weighted by Crippen LogP contribution is 2.33. The van der Waals surface area contributed by atoms with E-state index in [2.05, 4.69) is 16.8 Å². The van der Waals surface area contributed by atoms with E-state index >= 15 is 0 Å². The van der Waals surface area contributed by atoms with Crippen LogP contribution in [0.2, 0.25) is 0 Å². The molecule has 4 rings (SSSR count). The first kappa shape index (κ1) is 18.7. The molecule has 0 amide bonds. The van der Waals surface area contributed by atoms with Crippen LogP contribution < -0.4 is 0 Å². The SMILES string of the molecule is CC1(C)OCC(Cn2cc(-c3cccc(C#N)c3)c3ccc(CO)cc32)CO1. The summed E-state index contributed by atoms with van der Waals surface area (Å²) in [6.07, 6.45) is 2.13. The average molecular weight is 376 g/mol. The Morgan fingerprint density at radius 3 is 2.68 bits per heavy atom. The molecule has 0 atom stereocenters. The second kappa shape index (κ2) is 7.40. The summed E-state index contributed by atoms with van der Waals surface area (Å²) in [5.41, 5.74) is 4.67. The second-order valence-electron chi connectivity index (χ2n) is 7.79. The molecule has 2 aromatic carbocycles. The van der Waals surface area contributed by atoms with Crippen LogP contribution in [0.3, 0.4) is 0 Å². The van der Waals surface area contributed by atoms with Crippen molar-refractivity contribution in [3.8, 4) is 17.2 Å². The van der Waals surface area contributed by atoms with Crippen LogP contribution in [0.25, 0.3) is 22.0 Å². The fraction of sp³-hybridized carbons (Fsp3) is 0.348. The Kier molecular flexibility index (Phi) is 4.94. The summed E-state index contributed by atoms with van der Waals surface area (Å²) in [7, 11) is 0. The van der Waals surface area contributed by atoms with E-state index in [1.807, 2.05) is 56.3 Å². The minimum absolute atomic E-state index is 0.00418. The van der Waals surface area contributed by atoms with Gasteiger partial charge in [-0.25, -0.2) is 0 Å². The van der Waals surface area contributed by atoms with E-state index in [4.69, 9.17) is 9.47 Å². The van der Waals surface area contributed by atoms with Crippen molar-refractivity contribution in [2.75, 3.05) is 13.2 Å². The number of aliphatic hydroxyl groups is 1. The molecule has 5 nitrogen and oxygen atoms in total. The summed E-state index contributed by atoms with van der Waals surface area (Å²) in [5.74, 6) is -0.276. The third-order valence-corrected chi connectivity index (χ3v) is 5.22. The molecule has 0 saturated carbocycles. The first-order chi connectivity index (χ1) is 13.5. The highest BCUT2D eigenvalue weighted by atomic mass is 16.7. The molecular formula is C23H24N2O3. The van der Waals surface area contributed by atoms with Gasteiger partial charge in [-0.1, -0.05) is 24.3 Å².